The molecule has 0 atom stereocenters. The van der Waals surface area contributed by atoms with Gasteiger partial charge in [0.05, 0.1) is 30.8 Å². The summed E-state index contributed by atoms with van der Waals surface area (Å²) < 4.78 is 59.7. The molecule has 0 spiro atoms. The largest absolute Gasteiger partial charge is 0.423 e. The number of aromatic amines is 1. The zero-order chi connectivity index (χ0) is 19.2. The van der Waals surface area contributed by atoms with Gasteiger partial charge in [0.25, 0.3) is 5.56 Å². The van der Waals surface area contributed by atoms with E-state index in [2.05, 4.69) is 5.10 Å². The fraction of sp³-hybridized carbons (Fsp3) is 0.412. The lowest BCUT2D eigenvalue weighted by molar-refractivity contribution is -0.138. The minimum absolute atomic E-state index is 0.0733. The van der Waals surface area contributed by atoms with E-state index in [4.69, 9.17) is 4.74 Å². The number of H-pyrrole nitrogens is 1. The average molecular weight is 384 g/mol. The van der Waals surface area contributed by atoms with Crippen LogP contribution in [0.2, 0.25) is 0 Å². The van der Waals surface area contributed by atoms with Gasteiger partial charge in [0.15, 0.2) is 0 Å². The van der Waals surface area contributed by atoms with E-state index in [1.54, 1.807) is 6.07 Å². The second-order valence-electron chi connectivity index (χ2n) is 6.48. The second kappa shape index (κ2) is 6.52. The molecule has 6 nitrogen and oxygen atoms in total. The summed E-state index contributed by atoms with van der Waals surface area (Å²) in [4.78, 5) is 14.9. The van der Waals surface area contributed by atoms with Crippen molar-refractivity contribution in [3.63, 3.8) is 0 Å². The first-order chi connectivity index (χ1) is 12.8. The molecule has 1 N–H and O–H groups in total. The number of aromatic nitrogens is 2. The van der Waals surface area contributed by atoms with Crippen molar-refractivity contribution in [1.82, 2.24) is 10.2 Å². The number of hydrogen-bond acceptors (Lipinski definition) is 5. The van der Waals surface area contributed by atoms with Crippen LogP contribution < -0.4 is 15.4 Å². The Labute approximate surface area is 151 Å². The number of alkyl halides is 3. The van der Waals surface area contributed by atoms with Crippen LogP contribution in [0.25, 0.3) is 0 Å². The molecule has 4 rings (SSSR count). The zero-order valence-corrected chi connectivity index (χ0v) is 14.1. The van der Waals surface area contributed by atoms with Crippen LogP contribution in [-0.4, -0.2) is 36.5 Å². The summed E-state index contributed by atoms with van der Waals surface area (Å²) in [6, 6.07) is 3.03. The summed E-state index contributed by atoms with van der Waals surface area (Å²) in [7, 11) is 0. The van der Waals surface area contributed by atoms with Crippen molar-refractivity contribution in [3.05, 3.63) is 51.2 Å². The summed E-state index contributed by atoms with van der Waals surface area (Å²) in [5.41, 5.74) is -1.16. The summed E-state index contributed by atoms with van der Waals surface area (Å²) in [5.74, 6) is -0.419. The van der Waals surface area contributed by atoms with Gasteiger partial charge in [0.1, 0.15) is 11.4 Å². The van der Waals surface area contributed by atoms with Gasteiger partial charge in [0.2, 0.25) is 0 Å². The van der Waals surface area contributed by atoms with Crippen LogP contribution in [0.3, 0.4) is 0 Å². The van der Waals surface area contributed by atoms with Crippen molar-refractivity contribution in [2.24, 2.45) is 0 Å². The van der Waals surface area contributed by atoms with Crippen molar-refractivity contribution in [1.29, 1.82) is 0 Å². The van der Waals surface area contributed by atoms with E-state index in [0.29, 0.717) is 37.6 Å². The van der Waals surface area contributed by atoms with Crippen molar-refractivity contribution in [2.45, 2.75) is 19.3 Å². The Bertz CT molecular complexity index is 922. The number of anilines is 2. The molecule has 144 valence electrons. The molecular weight excluding hydrogens is 368 g/mol. The average Bonchev–Trinajstić information content (AvgIpc) is 3.03. The molecule has 2 aliphatic rings. The number of ether oxygens (including phenoxy) is 1. The van der Waals surface area contributed by atoms with E-state index in [-0.39, 0.29) is 18.8 Å². The van der Waals surface area contributed by atoms with Gasteiger partial charge in [-0.1, -0.05) is 0 Å². The van der Waals surface area contributed by atoms with E-state index >= 15 is 0 Å². The Morgan fingerprint density at radius 2 is 1.70 bits per heavy atom. The molecule has 1 aromatic heterocycles. The second-order valence-corrected chi connectivity index (χ2v) is 6.48. The van der Waals surface area contributed by atoms with Crippen molar-refractivity contribution in [2.75, 3.05) is 36.1 Å². The van der Waals surface area contributed by atoms with Gasteiger partial charge in [-0.2, -0.15) is 18.3 Å². The topological polar surface area (TPSA) is 61.5 Å². The molecule has 0 unspecified atom stereocenters. The highest BCUT2D eigenvalue weighted by Gasteiger charge is 2.39. The Kier molecular flexibility index (Phi) is 4.29. The summed E-state index contributed by atoms with van der Waals surface area (Å²) in [6.45, 7) is 2.31. The standard InChI is InChI=1S/C17H16F4N4O2/c18-12-5-10-8-25(14-7-22-23-16(26)15(14)17(19,20)21)9-11(10)6-13(12)24-1-3-27-4-2-24/h5-7H,1-4,8-9H2,(H,23,26). The van der Waals surface area contributed by atoms with Gasteiger partial charge in [-0.05, 0) is 23.3 Å². The van der Waals surface area contributed by atoms with Crippen LogP contribution in [0, 0.1) is 5.82 Å². The number of nitrogens with one attached hydrogen (secondary N) is 1. The van der Waals surface area contributed by atoms with Crippen LogP contribution in [0.1, 0.15) is 16.7 Å². The van der Waals surface area contributed by atoms with E-state index < -0.39 is 23.1 Å². The van der Waals surface area contributed by atoms with Gasteiger partial charge < -0.3 is 14.5 Å². The van der Waals surface area contributed by atoms with Crippen LogP contribution in [0.15, 0.2) is 23.1 Å². The van der Waals surface area contributed by atoms with E-state index in [9.17, 15) is 22.4 Å². The fourth-order valence-corrected chi connectivity index (χ4v) is 3.53. The number of halogens is 4. The number of nitrogens with zero attached hydrogens (tertiary/aromatic N) is 3. The lowest BCUT2D eigenvalue weighted by Gasteiger charge is -2.29. The van der Waals surface area contributed by atoms with Gasteiger partial charge >= 0.3 is 6.18 Å². The molecular formula is C17H16F4N4O2. The van der Waals surface area contributed by atoms with Crippen molar-refractivity contribution < 1.29 is 22.3 Å². The van der Waals surface area contributed by atoms with Crippen LogP contribution in [0.5, 0.6) is 0 Å². The predicted molar refractivity (Wildman–Crippen MR) is 89.2 cm³/mol. The van der Waals surface area contributed by atoms with Crippen LogP contribution in [-0.2, 0) is 24.0 Å². The van der Waals surface area contributed by atoms with Gasteiger partial charge in [-0.25, -0.2) is 9.49 Å². The van der Waals surface area contributed by atoms with E-state index in [0.717, 1.165) is 11.8 Å². The van der Waals surface area contributed by atoms with Crippen LogP contribution in [0.4, 0.5) is 28.9 Å². The highest BCUT2D eigenvalue weighted by Crippen LogP contribution is 2.38. The molecule has 0 amide bonds. The number of benzene rings is 1. The lowest BCUT2D eigenvalue weighted by Crippen LogP contribution is -2.36. The first-order valence-corrected chi connectivity index (χ1v) is 8.38. The van der Waals surface area contributed by atoms with E-state index in [1.807, 2.05) is 10.00 Å². The lowest BCUT2D eigenvalue weighted by atomic mass is 10.1. The van der Waals surface area contributed by atoms with Gasteiger partial charge in [-0.15, -0.1) is 0 Å². The number of rotatable bonds is 2. The minimum atomic E-state index is -4.81. The molecule has 0 bridgehead atoms. The fourth-order valence-electron chi connectivity index (χ4n) is 3.53. The Hall–Kier alpha value is -2.62. The number of morpholine rings is 1. The molecule has 1 fully saturated rings. The van der Waals surface area contributed by atoms with E-state index in [1.165, 1.54) is 11.0 Å². The zero-order valence-electron chi connectivity index (χ0n) is 14.1. The third-order valence-electron chi connectivity index (χ3n) is 4.80. The Balaban J connectivity index is 1.68. The summed E-state index contributed by atoms with van der Waals surface area (Å²) in [5, 5.41) is 5.32. The molecule has 0 radical (unpaired) electrons. The first-order valence-electron chi connectivity index (χ1n) is 8.38. The molecule has 0 aliphatic carbocycles. The van der Waals surface area contributed by atoms with Crippen molar-refractivity contribution >= 4 is 11.4 Å². The number of fused-ring (bicyclic) bond motifs is 1. The Morgan fingerprint density at radius 3 is 2.37 bits per heavy atom. The number of hydrogen-bond donors (Lipinski definition) is 1. The molecule has 1 saturated heterocycles. The molecule has 3 heterocycles. The Morgan fingerprint density at radius 1 is 1.04 bits per heavy atom. The highest BCUT2D eigenvalue weighted by molar-refractivity contribution is 5.60. The molecule has 2 aliphatic heterocycles. The molecule has 1 aromatic carbocycles. The maximum Gasteiger partial charge on any atom is 0.423 e. The first kappa shape index (κ1) is 17.8. The van der Waals surface area contributed by atoms with Crippen LogP contribution >= 0.6 is 0 Å². The monoisotopic (exact) mass is 384 g/mol. The minimum Gasteiger partial charge on any atom is -0.378 e. The van der Waals surface area contributed by atoms with Crippen molar-refractivity contribution in [3.8, 4) is 0 Å². The smallest absolute Gasteiger partial charge is 0.378 e. The summed E-state index contributed by atoms with van der Waals surface area (Å²) in [6.07, 6.45) is -3.83. The molecule has 27 heavy (non-hydrogen) atoms. The van der Waals surface area contributed by atoms with Gasteiger partial charge in [-0.3, -0.25) is 4.79 Å². The normalized spacial score (nSPS) is 17.3. The quantitative estimate of drug-likeness (QED) is 0.805. The third kappa shape index (κ3) is 3.25. The van der Waals surface area contributed by atoms with Gasteiger partial charge in [0, 0.05) is 26.2 Å². The predicted octanol–water partition coefficient (Wildman–Crippen LogP) is 2.28. The maximum atomic E-state index is 14.5. The highest BCUT2D eigenvalue weighted by atomic mass is 19.4. The maximum absolute atomic E-state index is 14.5. The molecule has 0 saturated carbocycles. The molecule has 10 heteroatoms. The summed E-state index contributed by atoms with van der Waals surface area (Å²) >= 11 is 0. The SMILES string of the molecule is O=c1[nH]ncc(N2Cc3cc(F)c(N4CCOCC4)cc3C2)c1C(F)(F)F. The molecule has 2 aromatic rings. The third-order valence-corrected chi connectivity index (χ3v) is 4.80.